The minimum absolute atomic E-state index is 0.0134. The number of nitrogens with zero attached hydrogens (tertiary/aromatic N) is 2. The summed E-state index contributed by atoms with van der Waals surface area (Å²) in [5.41, 5.74) is 1.60. The van der Waals surface area contributed by atoms with E-state index in [1.54, 1.807) is 43.7 Å². The van der Waals surface area contributed by atoms with Gasteiger partial charge in [0, 0.05) is 43.2 Å². The van der Waals surface area contributed by atoms with Crippen molar-refractivity contribution in [2.75, 3.05) is 18.6 Å². The summed E-state index contributed by atoms with van der Waals surface area (Å²) in [7, 11) is -1.47. The van der Waals surface area contributed by atoms with Gasteiger partial charge in [-0.05, 0) is 36.2 Å². The number of carbonyl (C=O) groups excluding carboxylic acids is 2. The molecular formula is C19H21N3O4S. The number of rotatable bonds is 5. The van der Waals surface area contributed by atoms with Crippen LogP contribution in [0.4, 0.5) is 0 Å². The number of pyridine rings is 1. The molecule has 1 aromatic heterocycles. The lowest BCUT2D eigenvalue weighted by Gasteiger charge is -2.23. The van der Waals surface area contributed by atoms with Gasteiger partial charge in [0.25, 0.3) is 11.8 Å². The van der Waals surface area contributed by atoms with Crippen LogP contribution < -0.4 is 5.32 Å². The van der Waals surface area contributed by atoms with Crippen molar-refractivity contribution in [3.63, 3.8) is 0 Å². The fourth-order valence-electron chi connectivity index (χ4n) is 3.03. The molecule has 0 saturated carbocycles. The first-order valence-corrected chi connectivity index (χ1v) is 10.4. The van der Waals surface area contributed by atoms with Crippen LogP contribution in [0.25, 0.3) is 0 Å². The fraction of sp³-hybridized carbons (Fsp3) is 0.316. The van der Waals surface area contributed by atoms with Gasteiger partial charge in [-0.2, -0.15) is 0 Å². The molecule has 1 aliphatic heterocycles. The Kier molecular flexibility index (Phi) is 5.55. The van der Waals surface area contributed by atoms with Crippen LogP contribution in [0.3, 0.4) is 0 Å². The summed E-state index contributed by atoms with van der Waals surface area (Å²) < 4.78 is 23.3. The van der Waals surface area contributed by atoms with Crippen molar-refractivity contribution in [3.8, 4) is 0 Å². The molecule has 1 aromatic carbocycles. The van der Waals surface area contributed by atoms with E-state index in [4.69, 9.17) is 0 Å². The maximum atomic E-state index is 12.7. The smallest absolute Gasteiger partial charge is 0.253 e. The Morgan fingerprint density at radius 1 is 1.22 bits per heavy atom. The van der Waals surface area contributed by atoms with E-state index >= 15 is 0 Å². The highest BCUT2D eigenvalue weighted by Gasteiger charge is 2.33. The van der Waals surface area contributed by atoms with Crippen LogP contribution in [-0.2, 0) is 16.4 Å². The van der Waals surface area contributed by atoms with Crippen molar-refractivity contribution >= 4 is 21.7 Å². The first kappa shape index (κ1) is 19.0. The number of sulfone groups is 1. The third-order valence-corrected chi connectivity index (χ3v) is 6.37. The van der Waals surface area contributed by atoms with Crippen LogP contribution in [0.2, 0.25) is 0 Å². The fourth-order valence-corrected chi connectivity index (χ4v) is 4.81. The van der Waals surface area contributed by atoms with E-state index in [1.807, 2.05) is 6.07 Å². The summed E-state index contributed by atoms with van der Waals surface area (Å²) in [6.45, 7) is 0.338. The number of hydrogen-bond donors (Lipinski definition) is 1. The van der Waals surface area contributed by atoms with Crippen molar-refractivity contribution < 1.29 is 18.0 Å². The van der Waals surface area contributed by atoms with Crippen LogP contribution in [0.5, 0.6) is 0 Å². The van der Waals surface area contributed by atoms with Gasteiger partial charge in [-0.3, -0.25) is 14.6 Å². The topological polar surface area (TPSA) is 96.4 Å². The van der Waals surface area contributed by atoms with E-state index in [-0.39, 0.29) is 29.4 Å². The lowest BCUT2D eigenvalue weighted by atomic mass is 10.1. The molecule has 1 atom stereocenters. The SMILES string of the molecule is CN(C(=O)c1cccc(C(=O)NCc2cccnc2)c1)C1CCS(=O)(=O)C1. The predicted octanol–water partition coefficient (Wildman–Crippen LogP) is 1.27. The zero-order chi connectivity index (χ0) is 19.4. The molecule has 2 amide bonds. The Morgan fingerprint density at radius 2 is 2.00 bits per heavy atom. The second kappa shape index (κ2) is 7.87. The monoisotopic (exact) mass is 387 g/mol. The van der Waals surface area contributed by atoms with Gasteiger partial charge in [-0.1, -0.05) is 12.1 Å². The summed E-state index contributed by atoms with van der Waals surface area (Å²) >= 11 is 0. The summed E-state index contributed by atoms with van der Waals surface area (Å²) in [4.78, 5) is 30.5. The lowest BCUT2D eigenvalue weighted by Crippen LogP contribution is -2.38. The van der Waals surface area contributed by atoms with Crippen LogP contribution in [-0.4, -0.2) is 54.7 Å². The Bertz CT molecular complexity index is 944. The quantitative estimate of drug-likeness (QED) is 0.833. The number of carbonyl (C=O) groups is 2. The molecule has 8 heteroatoms. The van der Waals surface area contributed by atoms with Gasteiger partial charge in [0.2, 0.25) is 0 Å². The highest BCUT2D eigenvalue weighted by Crippen LogP contribution is 2.19. The molecule has 0 radical (unpaired) electrons. The van der Waals surface area contributed by atoms with Gasteiger partial charge < -0.3 is 10.2 Å². The van der Waals surface area contributed by atoms with E-state index in [9.17, 15) is 18.0 Å². The van der Waals surface area contributed by atoms with Crippen molar-refractivity contribution in [2.45, 2.75) is 19.0 Å². The van der Waals surface area contributed by atoms with Gasteiger partial charge in [0.05, 0.1) is 11.5 Å². The van der Waals surface area contributed by atoms with Gasteiger partial charge in [-0.15, -0.1) is 0 Å². The molecule has 0 aliphatic carbocycles. The molecule has 1 aliphatic rings. The van der Waals surface area contributed by atoms with E-state index in [1.165, 1.54) is 11.0 Å². The van der Waals surface area contributed by atoms with Gasteiger partial charge >= 0.3 is 0 Å². The van der Waals surface area contributed by atoms with Crippen molar-refractivity contribution in [1.82, 2.24) is 15.2 Å². The Morgan fingerprint density at radius 3 is 2.67 bits per heavy atom. The minimum Gasteiger partial charge on any atom is -0.348 e. The van der Waals surface area contributed by atoms with E-state index in [0.717, 1.165) is 5.56 Å². The van der Waals surface area contributed by atoms with E-state index < -0.39 is 9.84 Å². The standard InChI is InChI=1S/C19H21N3O4S/c1-22(17-7-9-27(25,26)13-17)19(24)16-6-2-5-15(10-16)18(23)21-12-14-4-3-8-20-11-14/h2-6,8,10-11,17H,7,9,12-13H2,1H3,(H,21,23). The van der Waals surface area contributed by atoms with Crippen molar-refractivity contribution in [2.24, 2.45) is 0 Å². The summed E-state index contributed by atoms with van der Waals surface area (Å²) in [5.74, 6) is -0.495. The first-order chi connectivity index (χ1) is 12.9. The van der Waals surface area contributed by atoms with E-state index in [2.05, 4.69) is 10.3 Å². The molecule has 27 heavy (non-hydrogen) atoms. The molecule has 1 N–H and O–H groups in total. The zero-order valence-electron chi connectivity index (χ0n) is 15.0. The second-order valence-corrected chi connectivity index (χ2v) is 8.83. The second-order valence-electron chi connectivity index (χ2n) is 6.60. The van der Waals surface area contributed by atoms with Gasteiger partial charge in [0.1, 0.15) is 0 Å². The molecule has 1 unspecified atom stereocenters. The number of amides is 2. The molecular weight excluding hydrogens is 366 g/mol. The Labute approximate surface area is 158 Å². The molecule has 3 rings (SSSR count). The normalized spacial score (nSPS) is 18.0. The molecule has 0 spiro atoms. The average Bonchev–Trinajstić information content (AvgIpc) is 3.05. The Balaban J connectivity index is 1.67. The highest BCUT2D eigenvalue weighted by molar-refractivity contribution is 7.91. The third-order valence-electron chi connectivity index (χ3n) is 4.62. The number of aromatic nitrogens is 1. The summed E-state index contributed by atoms with van der Waals surface area (Å²) in [5, 5.41) is 2.79. The predicted molar refractivity (Wildman–Crippen MR) is 101 cm³/mol. The summed E-state index contributed by atoms with van der Waals surface area (Å²) in [6, 6.07) is 9.75. The lowest BCUT2D eigenvalue weighted by molar-refractivity contribution is 0.0747. The van der Waals surface area contributed by atoms with Gasteiger partial charge in [-0.25, -0.2) is 8.42 Å². The minimum atomic E-state index is -3.07. The number of hydrogen-bond acceptors (Lipinski definition) is 5. The molecule has 2 aromatic rings. The maximum absolute atomic E-state index is 12.7. The van der Waals surface area contributed by atoms with Gasteiger partial charge in [0.15, 0.2) is 9.84 Å². The molecule has 1 saturated heterocycles. The largest absolute Gasteiger partial charge is 0.348 e. The first-order valence-electron chi connectivity index (χ1n) is 8.60. The zero-order valence-corrected chi connectivity index (χ0v) is 15.8. The third kappa shape index (κ3) is 4.71. The molecule has 1 fully saturated rings. The maximum Gasteiger partial charge on any atom is 0.253 e. The number of nitrogens with one attached hydrogen (secondary N) is 1. The highest BCUT2D eigenvalue weighted by atomic mass is 32.2. The van der Waals surface area contributed by atoms with Crippen LogP contribution in [0.15, 0.2) is 48.8 Å². The molecule has 2 heterocycles. The molecule has 142 valence electrons. The van der Waals surface area contributed by atoms with Crippen LogP contribution in [0, 0.1) is 0 Å². The van der Waals surface area contributed by atoms with Crippen LogP contribution in [0.1, 0.15) is 32.7 Å². The Hall–Kier alpha value is -2.74. The van der Waals surface area contributed by atoms with E-state index in [0.29, 0.717) is 24.1 Å². The summed E-state index contributed by atoms with van der Waals surface area (Å²) in [6.07, 6.45) is 3.77. The van der Waals surface area contributed by atoms with Crippen LogP contribution >= 0.6 is 0 Å². The molecule has 0 bridgehead atoms. The average molecular weight is 387 g/mol. The van der Waals surface area contributed by atoms with Crippen molar-refractivity contribution in [1.29, 1.82) is 0 Å². The van der Waals surface area contributed by atoms with Crippen molar-refractivity contribution in [3.05, 3.63) is 65.5 Å². The molecule has 7 nitrogen and oxygen atoms in total. The number of benzene rings is 1.